The molecule has 1 atom stereocenters. The summed E-state index contributed by atoms with van der Waals surface area (Å²) in [5, 5.41) is 10.1. The summed E-state index contributed by atoms with van der Waals surface area (Å²) in [6.45, 7) is 2.78. The van der Waals surface area contributed by atoms with Crippen LogP contribution >= 0.6 is 0 Å². The molecule has 0 saturated heterocycles. The number of fused-ring (bicyclic) bond motifs is 1. The normalized spacial score (nSPS) is 16.1. The van der Waals surface area contributed by atoms with Crippen molar-refractivity contribution >= 4 is 0 Å². The Labute approximate surface area is 136 Å². The number of β-amino-alcohol motifs (C(OH)–C–C–N with tert-alkyl or cyclic N) is 1. The van der Waals surface area contributed by atoms with Crippen LogP contribution in [0.3, 0.4) is 0 Å². The molecule has 0 amide bonds. The SMILES string of the molecule is OC(COCc1ccccc1F)CN1CCc2ccccc2C1. The molecule has 1 aliphatic heterocycles. The van der Waals surface area contributed by atoms with E-state index in [0.717, 1.165) is 19.5 Å². The van der Waals surface area contributed by atoms with Gasteiger partial charge in [0.05, 0.1) is 19.3 Å². The molecular weight excluding hydrogens is 293 g/mol. The van der Waals surface area contributed by atoms with Crippen molar-refractivity contribution in [1.82, 2.24) is 4.90 Å². The lowest BCUT2D eigenvalue weighted by Gasteiger charge is -2.30. The molecule has 3 rings (SSSR count). The van der Waals surface area contributed by atoms with Crippen molar-refractivity contribution in [2.75, 3.05) is 19.7 Å². The third kappa shape index (κ3) is 4.38. The van der Waals surface area contributed by atoms with E-state index in [0.29, 0.717) is 12.1 Å². The van der Waals surface area contributed by atoms with Crippen molar-refractivity contribution in [2.45, 2.75) is 25.7 Å². The van der Waals surface area contributed by atoms with Gasteiger partial charge in [-0.2, -0.15) is 0 Å². The Morgan fingerprint density at radius 3 is 2.65 bits per heavy atom. The quantitative estimate of drug-likeness (QED) is 0.890. The molecule has 0 spiro atoms. The van der Waals surface area contributed by atoms with Crippen LogP contribution in [0.2, 0.25) is 0 Å². The highest BCUT2D eigenvalue weighted by Crippen LogP contribution is 2.18. The van der Waals surface area contributed by atoms with Gasteiger partial charge in [0.2, 0.25) is 0 Å². The molecule has 0 saturated carbocycles. The smallest absolute Gasteiger partial charge is 0.128 e. The average molecular weight is 315 g/mol. The van der Waals surface area contributed by atoms with Crippen molar-refractivity contribution in [3.05, 3.63) is 71.0 Å². The minimum absolute atomic E-state index is 0.187. The fourth-order valence-corrected chi connectivity index (χ4v) is 2.98. The first-order valence-electron chi connectivity index (χ1n) is 8.01. The molecule has 0 fully saturated rings. The molecule has 23 heavy (non-hydrogen) atoms. The van der Waals surface area contributed by atoms with E-state index in [1.165, 1.54) is 17.2 Å². The molecule has 0 radical (unpaired) electrons. The van der Waals surface area contributed by atoms with Crippen LogP contribution in [0, 0.1) is 5.82 Å². The maximum atomic E-state index is 13.5. The summed E-state index contributed by atoms with van der Waals surface area (Å²) in [6, 6.07) is 15.0. The second kappa shape index (κ2) is 7.68. The second-order valence-corrected chi connectivity index (χ2v) is 6.01. The largest absolute Gasteiger partial charge is 0.389 e. The number of aliphatic hydroxyl groups is 1. The van der Waals surface area contributed by atoms with Crippen LogP contribution in [-0.4, -0.2) is 35.8 Å². The fraction of sp³-hybridized carbons (Fsp3) is 0.368. The van der Waals surface area contributed by atoms with Gasteiger partial charge in [-0.25, -0.2) is 4.39 Å². The van der Waals surface area contributed by atoms with E-state index in [-0.39, 0.29) is 19.0 Å². The van der Waals surface area contributed by atoms with Crippen molar-refractivity contribution in [2.24, 2.45) is 0 Å². The summed E-state index contributed by atoms with van der Waals surface area (Å²) in [4.78, 5) is 2.24. The van der Waals surface area contributed by atoms with E-state index < -0.39 is 6.10 Å². The summed E-state index contributed by atoms with van der Waals surface area (Å²) >= 11 is 0. The molecule has 122 valence electrons. The molecule has 1 heterocycles. The Hall–Kier alpha value is -1.75. The molecule has 2 aromatic carbocycles. The van der Waals surface area contributed by atoms with Gasteiger partial charge in [0.1, 0.15) is 5.82 Å². The maximum absolute atomic E-state index is 13.5. The third-order valence-corrected chi connectivity index (χ3v) is 4.20. The summed E-state index contributed by atoms with van der Waals surface area (Å²) in [5.41, 5.74) is 3.25. The lowest BCUT2D eigenvalue weighted by atomic mass is 10.00. The zero-order valence-electron chi connectivity index (χ0n) is 13.1. The molecule has 1 aliphatic rings. The number of aliphatic hydroxyl groups excluding tert-OH is 1. The van der Waals surface area contributed by atoms with Crippen LogP contribution in [0.5, 0.6) is 0 Å². The number of nitrogens with zero attached hydrogens (tertiary/aromatic N) is 1. The predicted molar refractivity (Wildman–Crippen MR) is 87.5 cm³/mol. The number of benzene rings is 2. The minimum atomic E-state index is -0.563. The molecule has 0 aromatic heterocycles. The van der Waals surface area contributed by atoms with Crippen molar-refractivity contribution in [3.8, 4) is 0 Å². The van der Waals surface area contributed by atoms with Gasteiger partial charge in [-0.3, -0.25) is 4.90 Å². The van der Waals surface area contributed by atoms with Crippen LogP contribution in [0.4, 0.5) is 4.39 Å². The van der Waals surface area contributed by atoms with E-state index in [2.05, 4.69) is 29.2 Å². The lowest BCUT2D eigenvalue weighted by Crippen LogP contribution is -2.38. The standard InChI is InChI=1S/C19H22FNO2/c20-19-8-4-3-7-17(19)13-23-14-18(22)12-21-10-9-15-5-1-2-6-16(15)11-21/h1-8,18,22H,9-14H2. The van der Waals surface area contributed by atoms with Gasteiger partial charge >= 0.3 is 0 Å². The Kier molecular flexibility index (Phi) is 5.39. The monoisotopic (exact) mass is 315 g/mol. The molecule has 1 unspecified atom stereocenters. The topological polar surface area (TPSA) is 32.7 Å². The molecule has 1 N–H and O–H groups in total. The van der Waals surface area contributed by atoms with Gasteiger partial charge in [0.25, 0.3) is 0 Å². The Balaban J connectivity index is 1.43. The van der Waals surface area contributed by atoms with Gasteiger partial charge in [0.15, 0.2) is 0 Å². The predicted octanol–water partition coefficient (Wildman–Crippen LogP) is 2.76. The zero-order chi connectivity index (χ0) is 16.1. The highest BCUT2D eigenvalue weighted by atomic mass is 19.1. The van der Waals surface area contributed by atoms with Crippen molar-refractivity contribution < 1.29 is 14.2 Å². The summed E-state index contributed by atoms with van der Waals surface area (Å²) in [5.74, 6) is -0.269. The number of hydrogen-bond donors (Lipinski definition) is 1. The zero-order valence-corrected chi connectivity index (χ0v) is 13.1. The van der Waals surface area contributed by atoms with Crippen LogP contribution in [0.15, 0.2) is 48.5 Å². The number of rotatable bonds is 6. The van der Waals surface area contributed by atoms with Gasteiger partial charge in [0, 0.05) is 25.2 Å². The fourth-order valence-electron chi connectivity index (χ4n) is 2.98. The van der Waals surface area contributed by atoms with E-state index in [4.69, 9.17) is 4.74 Å². The maximum Gasteiger partial charge on any atom is 0.128 e. The van der Waals surface area contributed by atoms with Crippen LogP contribution in [0.25, 0.3) is 0 Å². The highest BCUT2D eigenvalue weighted by Gasteiger charge is 2.18. The first-order valence-corrected chi connectivity index (χ1v) is 8.01. The Bertz CT molecular complexity index is 647. The third-order valence-electron chi connectivity index (χ3n) is 4.20. The van der Waals surface area contributed by atoms with Gasteiger partial charge in [-0.1, -0.05) is 42.5 Å². The number of hydrogen-bond acceptors (Lipinski definition) is 3. The molecule has 3 nitrogen and oxygen atoms in total. The number of ether oxygens (including phenoxy) is 1. The highest BCUT2D eigenvalue weighted by molar-refractivity contribution is 5.29. The van der Waals surface area contributed by atoms with Crippen molar-refractivity contribution in [1.29, 1.82) is 0 Å². The molecular formula is C19H22FNO2. The van der Waals surface area contributed by atoms with Crippen LogP contribution < -0.4 is 0 Å². The molecule has 0 bridgehead atoms. The number of halogens is 1. The van der Waals surface area contributed by atoms with E-state index in [1.807, 2.05) is 0 Å². The second-order valence-electron chi connectivity index (χ2n) is 6.01. The van der Waals surface area contributed by atoms with Gasteiger partial charge in [-0.05, 0) is 23.6 Å². The Morgan fingerprint density at radius 1 is 1.09 bits per heavy atom. The van der Waals surface area contributed by atoms with Gasteiger partial charge in [-0.15, -0.1) is 0 Å². The molecule has 4 heteroatoms. The first-order chi connectivity index (χ1) is 11.2. The first kappa shape index (κ1) is 16.1. The van der Waals surface area contributed by atoms with Crippen LogP contribution in [0.1, 0.15) is 16.7 Å². The van der Waals surface area contributed by atoms with E-state index in [9.17, 15) is 9.50 Å². The lowest BCUT2D eigenvalue weighted by molar-refractivity contribution is 0.00701. The summed E-state index contributed by atoms with van der Waals surface area (Å²) in [7, 11) is 0. The molecule has 0 aliphatic carbocycles. The van der Waals surface area contributed by atoms with Crippen LogP contribution in [-0.2, 0) is 24.3 Å². The summed E-state index contributed by atoms with van der Waals surface area (Å²) < 4.78 is 18.9. The van der Waals surface area contributed by atoms with E-state index in [1.54, 1.807) is 18.2 Å². The van der Waals surface area contributed by atoms with Gasteiger partial charge < -0.3 is 9.84 Å². The van der Waals surface area contributed by atoms with Crippen molar-refractivity contribution in [3.63, 3.8) is 0 Å². The average Bonchev–Trinajstić information content (AvgIpc) is 2.56. The minimum Gasteiger partial charge on any atom is -0.389 e. The summed E-state index contributed by atoms with van der Waals surface area (Å²) in [6.07, 6.45) is 0.450. The van der Waals surface area contributed by atoms with E-state index >= 15 is 0 Å². The Morgan fingerprint density at radius 2 is 1.83 bits per heavy atom. The molecule has 2 aromatic rings.